The Morgan fingerprint density at radius 1 is 1.18 bits per heavy atom. The second-order valence-electron chi connectivity index (χ2n) is 7.88. The van der Waals surface area contributed by atoms with Crippen LogP contribution in [0.25, 0.3) is 0 Å². The minimum atomic E-state index is -0.889. The summed E-state index contributed by atoms with van der Waals surface area (Å²) < 4.78 is 11.8. The normalized spacial score (nSPS) is 15.2. The average molecular weight is 531 g/mol. The van der Waals surface area contributed by atoms with E-state index in [1.165, 1.54) is 6.21 Å². The van der Waals surface area contributed by atoms with Crippen LogP contribution in [0.4, 0.5) is 5.69 Å². The molecule has 34 heavy (non-hydrogen) atoms. The van der Waals surface area contributed by atoms with Crippen molar-refractivity contribution in [2.75, 3.05) is 25.1 Å². The minimum absolute atomic E-state index is 0.0614. The number of hydrogen-bond acceptors (Lipinski definition) is 6. The van der Waals surface area contributed by atoms with Gasteiger partial charge in [0, 0.05) is 28.9 Å². The van der Waals surface area contributed by atoms with E-state index in [9.17, 15) is 14.4 Å². The number of halogens is 1. The van der Waals surface area contributed by atoms with E-state index in [4.69, 9.17) is 9.47 Å². The molecule has 3 amide bonds. The van der Waals surface area contributed by atoms with E-state index < -0.39 is 11.8 Å². The molecule has 2 aromatic rings. The average Bonchev–Trinajstić information content (AvgIpc) is 3.33. The predicted molar refractivity (Wildman–Crippen MR) is 132 cm³/mol. The molecule has 1 fully saturated rings. The van der Waals surface area contributed by atoms with Crippen LogP contribution in [-0.4, -0.2) is 49.8 Å². The Balaban J connectivity index is 1.53. The van der Waals surface area contributed by atoms with Crippen LogP contribution in [0.1, 0.15) is 29.5 Å². The van der Waals surface area contributed by atoms with Gasteiger partial charge in [0.1, 0.15) is 5.75 Å². The lowest BCUT2D eigenvalue weighted by atomic mass is 10.1. The summed E-state index contributed by atoms with van der Waals surface area (Å²) in [6, 6.07) is 10.9. The quantitative estimate of drug-likeness (QED) is 0.275. The van der Waals surface area contributed by atoms with Gasteiger partial charge in [-0.2, -0.15) is 5.10 Å². The molecule has 10 heteroatoms. The van der Waals surface area contributed by atoms with Gasteiger partial charge in [0.05, 0.1) is 12.3 Å². The number of rotatable bonds is 8. The molecule has 180 valence electrons. The van der Waals surface area contributed by atoms with Gasteiger partial charge in [-0.15, -0.1) is 0 Å². The summed E-state index contributed by atoms with van der Waals surface area (Å²) in [5, 5.41) is 9.21. The lowest BCUT2D eigenvalue weighted by Gasteiger charge is -2.12. The van der Waals surface area contributed by atoms with Crippen molar-refractivity contribution in [3.63, 3.8) is 0 Å². The zero-order chi connectivity index (χ0) is 24.5. The Kier molecular flexibility index (Phi) is 9.17. The predicted octanol–water partition coefficient (Wildman–Crippen LogP) is 2.83. The van der Waals surface area contributed by atoms with Gasteiger partial charge in [0.15, 0.2) is 6.61 Å². The molecule has 2 aromatic carbocycles. The SMILES string of the molecule is Cc1ccc(C)c(NC(=O)COc2ccc(Br)cc2/C=N\NC(=O)C(=O)NC[C@@H]2CCCO2)c1. The maximum Gasteiger partial charge on any atom is 0.329 e. The molecule has 3 N–H and O–H groups in total. The summed E-state index contributed by atoms with van der Waals surface area (Å²) in [5.74, 6) is -1.60. The zero-order valence-electron chi connectivity index (χ0n) is 19.0. The van der Waals surface area contributed by atoms with Crippen LogP contribution in [0.15, 0.2) is 46.0 Å². The van der Waals surface area contributed by atoms with Crippen molar-refractivity contribution >= 4 is 45.6 Å². The maximum atomic E-state index is 12.4. The molecular weight excluding hydrogens is 504 g/mol. The molecule has 0 bridgehead atoms. The lowest BCUT2D eigenvalue weighted by molar-refractivity contribution is -0.139. The fourth-order valence-electron chi connectivity index (χ4n) is 3.26. The van der Waals surface area contributed by atoms with E-state index in [1.807, 2.05) is 32.0 Å². The number of hydrogen-bond donors (Lipinski definition) is 3. The monoisotopic (exact) mass is 530 g/mol. The van der Waals surface area contributed by atoms with Gasteiger partial charge in [-0.05, 0) is 62.1 Å². The summed E-state index contributed by atoms with van der Waals surface area (Å²) in [5.41, 5.74) is 5.41. The number of carbonyl (C=O) groups excluding carboxylic acids is 3. The van der Waals surface area contributed by atoms with Crippen molar-refractivity contribution in [2.45, 2.75) is 32.8 Å². The first-order chi connectivity index (χ1) is 16.3. The molecule has 1 atom stereocenters. The Morgan fingerprint density at radius 3 is 2.76 bits per heavy atom. The number of carbonyl (C=O) groups is 3. The minimum Gasteiger partial charge on any atom is -0.483 e. The second-order valence-corrected chi connectivity index (χ2v) is 8.80. The van der Waals surface area contributed by atoms with Crippen molar-refractivity contribution in [1.82, 2.24) is 10.7 Å². The summed E-state index contributed by atoms with van der Waals surface area (Å²) in [7, 11) is 0. The van der Waals surface area contributed by atoms with Gasteiger partial charge in [-0.1, -0.05) is 28.1 Å². The summed E-state index contributed by atoms with van der Waals surface area (Å²) in [6.45, 7) is 4.60. The first-order valence-corrected chi connectivity index (χ1v) is 11.6. The van der Waals surface area contributed by atoms with Crippen molar-refractivity contribution < 1.29 is 23.9 Å². The fraction of sp³-hybridized carbons (Fsp3) is 0.333. The molecular formula is C24H27BrN4O5. The molecule has 0 unspecified atom stereocenters. The van der Waals surface area contributed by atoms with Crippen LogP contribution < -0.4 is 20.8 Å². The number of aryl methyl sites for hydroxylation is 2. The number of nitrogens with zero attached hydrogens (tertiary/aromatic N) is 1. The highest BCUT2D eigenvalue weighted by Crippen LogP contribution is 2.22. The molecule has 1 aliphatic heterocycles. The van der Waals surface area contributed by atoms with Crippen LogP contribution >= 0.6 is 15.9 Å². The first kappa shape index (κ1) is 25.4. The summed E-state index contributed by atoms with van der Waals surface area (Å²) in [4.78, 5) is 36.2. The van der Waals surface area contributed by atoms with Gasteiger partial charge in [-0.25, -0.2) is 5.43 Å². The summed E-state index contributed by atoms with van der Waals surface area (Å²) in [6.07, 6.45) is 3.08. The smallest absolute Gasteiger partial charge is 0.329 e. The van der Waals surface area contributed by atoms with Gasteiger partial charge in [0.25, 0.3) is 5.91 Å². The second kappa shape index (κ2) is 12.3. The van der Waals surface area contributed by atoms with E-state index in [0.29, 0.717) is 17.9 Å². The number of hydrazone groups is 1. The molecule has 0 spiro atoms. The van der Waals surface area contributed by atoms with Crippen LogP contribution in [-0.2, 0) is 19.1 Å². The summed E-state index contributed by atoms with van der Waals surface area (Å²) >= 11 is 3.37. The Morgan fingerprint density at radius 2 is 2.00 bits per heavy atom. The molecule has 3 rings (SSSR count). The van der Waals surface area contributed by atoms with E-state index in [0.717, 1.165) is 34.1 Å². The molecule has 1 saturated heterocycles. The third-order valence-corrected chi connectivity index (χ3v) is 5.58. The van der Waals surface area contributed by atoms with Gasteiger partial charge >= 0.3 is 11.8 Å². The lowest BCUT2D eigenvalue weighted by Crippen LogP contribution is -2.41. The third-order valence-electron chi connectivity index (χ3n) is 5.09. The molecule has 1 aliphatic rings. The first-order valence-electron chi connectivity index (χ1n) is 10.8. The molecule has 9 nitrogen and oxygen atoms in total. The van der Waals surface area contributed by atoms with Crippen molar-refractivity contribution in [1.29, 1.82) is 0 Å². The third kappa shape index (κ3) is 7.67. The van der Waals surface area contributed by atoms with Crippen molar-refractivity contribution in [3.8, 4) is 5.75 Å². The number of amides is 3. The van der Waals surface area contributed by atoms with E-state index in [1.54, 1.807) is 18.2 Å². The Labute approximate surface area is 206 Å². The van der Waals surface area contributed by atoms with E-state index in [2.05, 4.69) is 37.1 Å². The van der Waals surface area contributed by atoms with Gasteiger partial charge < -0.3 is 20.1 Å². The van der Waals surface area contributed by atoms with Crippen LogP contribution in [0.2, 0.25) is 0 Å². The van der Waals surface area contributed by atoms with Crippen molar-refractivity contribution in [2.24, 2.45) is 5.10 Å². The van der Waals surface area contributed by atoms with E-state index in [-0.39, 0.29) is 25.2 Å². The van der Waals surface area contributed by atoms with E-state index >= 15 is 0 Å². The Hall–Kier alpha value is -3.24. The Bertz CT molecular complexity index is 1080. The number of benzene rings is 2. The number of nitrogens with one attached hydrogen (secondary N) is 3. The molecule has 0 radical (unpaired) electrons. The number of anilines is 1. The molecule has 0 aliphatic carbocycles. The largest absolute Gasteiger partial charge is 0.483 e. The van der Waals surface area contributed by atoms with Gasteiger partial charge in [-0.3, -0.25) is 14.4 Å². The number of ether oxygens (including phenoxy) is 2. The highest BCUT2D eigenvalue weighted by atomic mass is 79.9. The molecule has 0 saturated carbocycles. The molecule has 1 heterocycles. The highest BCUT2D eigenvalue weighted by Gasteiger charge is 2.19. The topological polar surface area (TPSA) is 118 Å². The highest BCUT2D eigenvalue weighted by molar-refractivity contribution is 9.10. The molecule has 0 aromatic heterocycles. The zero-order valence-corrected chi connectivity index (χ0v) is 20.6. The van der Waals surface area contributed by atoms with Gasteiger partial charge in [0.2, 0.25) is 0 Å². The van der Waals surface area contributed by atoms with Crippen LogP contribution in [0.5, 0.6) is 5.75 Å². The van der Waals surface area contributed by atoms with Crippen LogP contribution in [0, 0.1) is 13.8 Å². The standard InChI is InChI=1S/C24H27BrN4O5/c1-15-5-6-16(2)20(10-15)28-22(30)14-34-21-8-7-18(25)11-17(21)12-27-29-24(32)23(31)26-13-19-4-3-9-33-19/h5-8,10-12,19H,3-4,9,13-14H2,1-2H3,(H,26,31)(H,28,30)(H,29,32)/b27-12-/t19-/m0/s1. The van der Waals surface area contributed by atoms with Crippen molar-refractivity contribution in [3.05, 3.63) is 57.6 Å². The van der Waals surface area contributed by atoms with Crippen LogP contribution in [0.3, 0.4) is 0 Å². The fourth-order valence-corrected chi connectivity index (χ4v) is 3.63. The maximum absolute atomic E-state index is 12.4.